The van der Waals surface area contributed by atoms with Crippen LogP contribution in [-0.4, -0.2) is 29.4 Å². The maximum atomic E-state index is 11.1. The second-order valence-corrected chi connectivity index (χ2v) is 4.43. The number of ether oxygens (including phenoxy) is 1. The quantitative estimate of drug-likeness (QED) is 0.663. The van der Waals surface area contributed by atoms with Crippen LogP contribution in [0.5, 0.6) is 0 Å². The van der Waals surface area contributed by atoms with Crippen molar-refractivity contribution in [2.45, 2.75) is 12.2 Å². The molecule has 7 heteroatoms. The Hall–Kier alpha value is -0.520. The fourth-order valence-electron chi connectivity index (χ4n) is 1.21. The highest BCUT2D eigenvalue weighted by Crippen LogP contribution is 2.34. The minimum atomic E-state index is -1.76. The second kappa shape index (κ2) is 5.89. The average molecular weight is 300 g/mol. The van der Waals surface area contributed by atoms with Gasteiger partial charge in [-0.05, 0) is 12.1 Å². The molecule has 94 valence electrons. The number of carbonyl (C=O) groups excluding carboxylic acids is 1. The highest BCUT2D eigenvalue weighted by molar-refractivity contribution is 6.43. The maximum Gasteiger partial charge on any atom is 0.337 e. The highest BCUT2D eigenvalue weighted by Gasteiger charge is 2.29. The van der Waals surface area contributed by atoms with E-state index in [1.165, 1.54) is 12.1 Å². The molecule has 0 spiro atoms. The molecule has 0 aliphatic heterocycles. The fourth-order valence-corrected chi connectivity index (χ4v) is 1.94. The van der Waals surface area contributed by atoms with Crippen LogP contribution in [0.25, 0.3) is 0 Å². The third-order valence-electron chi connectivity index (χ3n) is 2.08. The van der Waals surface area contributed by atoms with E-state index >= 15 is 0 Å². The lowest BCUT2D eigenvalue weighted by molar-refractivity contribution is -0.156. The molecule has 2 atom stereocenters. The summed E-state index contributed by atoms with van der Waals surface area (Å²) < 4.78 is 4.30. The maximum absolute atomic E-state index is 11.1. The molecular formula is C10H9Cl3O4. The zero-order valence-corrected chi connectivity index (χ0v) is 10.9. The summed E-state index contributed by atoms with van der Waals surface area (Å²) in [7, 11) is 1.09. The Balaban J connectivity index is 3.12. The smallest absolute Gasteiger partial charge is 0.337 e. The number of benzene rings is 1. The van der Waals surface area contributed by atoms with Gasteiger partial charge < -0.3 is 14.9 Å². The van der Waals surface area contributed by atoms with E-state index in [1.54, 1.807) is 0 Å². The van der Waals surface area contributed by atoms with E-state index in [0.717, 1.165) is 7.11 Å². The number of halogens is 3. The first-order valence-corrected chi connectivity index (χ1v) is 5.60. The van der Waals surface area contributed by atoms with Crippen molar-refractivity contribution in [1.29, 1.82) is 0 Å². The number of aliphatic hydroxyl groups excluding tert-OH is 2. The van der Waals surface area contributed by atoms with Gasteiger partial charge in [-0.25, -0.2) is 4.79 Å². The lowest BCUT2D eigenvalue weighted by atomic mass is 10.0. The number of hydrogen-bond donors (Lipinski definition) is 2. The largest absolute Gasteiger partial charge is 0.467 e. The molecule has 0 aromatic heterocycles. The van der Waals surface area contributed by atoms with Gasteiger partial charge in [-0.3, -0.25) is 0 Å². The van der Waals surface area contributed by atoms with Crippen LogP contribution in [0.15, 0.2) is 12.1 Å². The van der Waals surface area contributed by atoms with Gasteiger partial charge in [0.05, 0.1) is 17.2 Å². The molecule has 2 unspecified atom stereocenters. The van der Waals surface area contributed by atoms with Crippen LogP contribution in [-0.2, 0) is 9.53 Å². The Labute approximate surface area is 113 Å². The van der Waals surface area contributed by atoms with Gasteiger partial charge in [0.2, 0.25) is 0 Å². The van der Waals surface area contributed by atoms with Crippen molar-refractivity contribution in [3.63, 3.8) is 0 Å². The molecule has 1 aromatic carbocycles. The lowest BCUT2D eigenvalue weighted by Crippen LogP contribution is -2.29. The molecule has 0 aliphatic carbocycles. The predicted octanol–water partition coefficient (Wildman–Crippen LogP) is 2.21. The van der Waals surface area contributed by atoms with Crippen molar-refractivity contribution in [2.75, 3.05) is 7.11 Å². The third kappa shape index (κ3) is 3.24. The molecule has 0 fully saturated rings. The topological polar surface area (TPSA) is 66.8 Å². The number of esters is 1. The van der Waals surface area contributed by atoms with Gasteiger partial charge in [-0.1, -0.05) is 34.8 Å². The van der Waals surface area contributed by atoms with Crippen molar-refractivity contribution < 1.29 is 19.7 Å². The fraction of sp³-hybridized carbons (Fsp3) is 0.300. The summed E-state index contributed by atoms with van der Waals surface area (Å²) in [6.45, 7) is 0. The minimum Gasteiger partial charge on any atom is -0.467 e. The van der Waals surface area contributed by atoms with Crippen molar-refractivity contribution in [3.8, 4) is 0 Å². The van der Waals surface area contributed by atoms with Crippen LogP contribution in [0.3, 0.4) is 0 Å². The lowest BCUT2D eigenvalue weighted by Gasteiger charge is -2.18. The Kier molecular flexibility index (Phi) is 5.04. The van der Waals surface area contributed by atoms with Crippen molar-refractivity contribution in [2.24, 2.45) is 0 Å². The number of hydrogen-bond acceptors (Lipinski definition) is 4. The Morgan fingerprint density at radius 2 is 1.88 bits per heavy atom. The first-order chi connectivity index (χ1) is 7.88. The Morgan fingerprint density at radius 1 is 1.29 bits per heavy atom. The van der Waals surface area contributed by atoms with E-state index in [9.17, 15) is 15.0 Å². The van der Waals surface area contributed by atoms with Crippen LogP contribution in [0.4, 0.5) is 0 Å². The zero-order chi connectivity index (χ0) is 13.2. The second-order valence-electron chi connectivity index (χ2n) is 3.20. The summed E-state index contributed by atoms with van der Waals surface area (Å²) in [6.07, 6.45) is -3.32. The summed E-state index contributed by atoms with van der Waals surface area (Å²) in [6, 6.07) is 2.69. The van der Waals surface area contributed by atoms with Gasteiger partial charge in [0.1, 0.15) is 6.10 Å². The van der Waals surface area contributed by atoms with Gasteiger partial charge in [0, 0.05) is 10.6 Å². The van der Waals surface area contributed by atoms with Gasteiger partial charge in [0.25, 0.3) is 0 Å². The van der Waals surface area contributed by atoms with E-state index in [2.05, 4.69) is 4.74 Å². The molecule has 0 saturated heterocycles. The summed E-state index contributed by atoms with van der Waals surface area (Å²) in [5, 5.41) is 19.6. The molecule has 0 amide bonds. The van der Waals surface area contributed by atoms with Crippen LogP contribution in [0.2, 0.25) is 15.1 Å². The summed E-state index contributed by atoms with van der Waals surface area (Å²) in [5.41, 5.74) is 0.0575. The first kappa shape index (κ1) is 14.5. The number of aliphatic hydroxyl groups is 2. The van der Waals surface area contributed by atoms with Crippen molar-refractivity contribution in [3.05, 3.63) is 32.8 Å². The standard InChI is InChI=1S/C10H9Cl3O4/c1-17-10(16)9(15)8(14)5-2-4(11)3-6(12)7(5)13/h2-3,8-9,14-15H,1H3. The van der Waals surface area contributed by atoms with Gasteiger partial charge in [-0.2, -0.15) is 0 Å². The van der Waals surface area contributed by atoms with E-state index < -0.39 is 18.2 Å². The molecular weight excluding hydrogens is 290 g/mol. The van der Waals surface area contributed by atoms with Gasteiger partial charge in [0.15, 0.2) is 6.10 Å². The van der Waals surface area contributed by atoms with Crippen molar-refractivity contribution >= 4 is 40.8 Å². The van der Waals surface area contributed by atoms with Crippen LogP contribution >= 0.6 is 34.8 Å². The molecule has 2 N–H and O–H groups in total. The molecule has 1 aromatic rings. The van der Waals surface area contributed by atoms with E-state index in [0.29, 0.717) is 0 Å². The highest BCUT2D eigenvalue weighted by atomic mass is 35.5. The SMILES string of the molecule is COC(=O)C(O)C(O)c1cc(Cl)cc(Cl)c1Cl. The molecule has 0 radical (unpaired) electrons. The molecule has 0 saturated carbocycles. The molecule has 0 aliphatic rings. The summed E-state index contributed by atoms with van der Waals surface area (Å²) >= 11 is 17.3. The normalized spacial score (nSPS) is 14.2. The summed E-state index contributed by atoms with van der Waals surface area (Å²) in [4.78, 5) is 11.1. The molecule has 0 bridgehead atoms. The third-order valence-corrected chi connectivity index (χ3v) is 3.12. The zero-order valence-electron chi connectivity index (χ0n) is 8.65. The Bertz CT molecular complexity index is 436. The van der Waals surface area contributed by atoms with E-state index in [1.807, 2.05) is 0 Å². The number of methoxy groups -OCH3 is 1. The van der Waals surface area contributed by atoms with Crippen LogP contribution < -0.4 is 0 Å². The number of rotatable bonds is 3. The van der Waals surface area contributed by atoms with Crippen LogP contribution in [0.1, 0.15) is 11.7 Å². The average Bonchev–Trinajstić information content (AvgIpc) is 2.30. The first-order valence-electron chi connectivity index (χ1n) is 4.47. The summed E-state index contributed by atoms with van der Waals surface area (Å²) in [5.74, 6) is -0.982. The minimum absolute atomic E-state index is 0.0199. The molecule has 4 nitrogen and oxygen atoms in total. The Morgan fingerprint density at radius 3 is 2.41 bits per heavy atom. The monoisotopic (exact) mass is 298 g/mol. The number of carbonyl (C=O) groups is 1. The van der Waals surface area contributed by atoms with Crippen molar-refractivity contribution in [1.82, 2.24) is 0 Å². The van der Waals surface area contributed by atoms with Gasteiger partial charge in [-0.15, -0.1) is 0 Å². The van der Waals surface area contributed by atoms with E-state index in [-0.39, 0.29) is 20.6 Å². The predicted molar refractivity (Wildman–Crippen MR) is 64.5 cm³/mol. The molecule has 1 rings (SSSR count). The van der Waals surface area contributed by atoms with Gasteiger partial charge >= 0.3 is 5.97 Å². The van der Waals surface area contributed by atoms with Crippen LogP contribution in [0, 0.1) is 0 Å². The molecule has 17 heavy (non-hydrogen) atoms. The van der Waals surface area contributed by atoms with E-state index in [4.69, 9.17) is 34.8 Å². The molecule has 0 heterocycles.